The molecule has 0 radical (unpaired) electrons. The monoisotopic (exact) mass is 288 g/mol. The number of pyridine rings is 2. The van der Waals surface area contributed by atoms with Gasteiger partial charge in [0, 0.05) is 30.4 Å². The molecular weight excluding hydrogens is 280 g/mol. The summed E-state index contributed by atoms with van der Waals surface area (Å²) in [5.74, 6) is 0. The Kier molecular flexibility index (Phi) is 2.40. The van der Waals surface area contributed by atoms with E-state index in [1.54, 1.807) is 10.9 Å². The lowest BCUT2D eigenvalue weighted by molar-refractivity contribution is 0.768. The molecule has 0 aliphatic heterocycles. The fourth-order valence-corrected chi connectivity index (χ4v) is 2.03. The molecular formula is C12H9BrN4. The van der Waals surface area contributed by atoms with E-state index < -0.39 is 0 Å². The van der Waals surface area contributed by atoms with Crippen molar-refractivity contribution in [3.63, 3.8) is 0 Å². The molecule has 0 saturated carbocycles. The second-order valence-electron chi connectivity index (χ2n) is 3.80. The van der Waals surface area contributed by atoms with Crippen molar-refractivity contribution in [1.29, 1.82) is 0 Å². The Morgan fingerprint density at radius 1 is 1.24 bits per heavy atom. The Bertz CT molecular complexity index is 690. The molecule has 84 valence electrons. The largest absolute Gasteiger partial charge is 0.275 e. The van der Waals surface area contributed by atoms with Gasteiger partial charge in [0.15, 0.2) is 0 Å². The van der Waals surface area contributed by atoms with E-state index in [1.807, 2.05) is 37.6 Å². The van der Waals surface area contributed by atoms with E-state index in [9.17, 15) is 0 Å². The lowest BCUT2D eigenvalue weighted by atomic mass is 10.2. The van der Waals surface area contributed by atoms with E-state index >= 15 is 0 Å². The van der Waals surface area contributed by atoms with Crippen LogP contribution in [0.4, 0.5) is 0 Å². The van der Waals surface area contributed by atoms with Crippen LogP contribution in [0, 0.1) is 0 Å². The topological polar surface area (TPSA) is 43.6 Å². The van der Waals surface area contributed by atoms with Crippen LogP contribution in [0.1, 0.15) is 0 Å². The van der Waals surface area contributed by atoms with Crippen molar-refractivity contribution in [2.75, 3.05) is 0 Å². The minimum absolute atomic E-state index is 0.792. The number of fused-ring (bicyclic) bond motifs is 1. The van der Waals surface area contributed by atoms with Crippen LogP contribution in [-0.4, -0.2) is 19.7 Å². The summed E-state index contributed by atoms with van der Waals surface area (Å²) < 4.78 is 2.56. The van der Waals surface area contributed by atoms with E-state index in [0.29, 0.717) is 0 Å². The smallest absolute Gasteiger partial charge is 0.108 e. The fourth-order valence-electron chi connectivity index (χ4n) is 1.71. The summed E-state index contributed by atoms with van der Waals surface area (Å²) in [7, 11) is 1.89. The Morgan fingerprint density at radius 3 is 2.88 bits per heavy atom. The molecule has 0 atom stereocenters. The molecule has 0 unspecified atom stereocenters. The quantitative estimate of drug-likeness (QED) is 0.647. The predicted octanol–water partition coefficient (Wildman–Crippen LogP) is 2.79. The molecule has 0 N–H and O–H groups in total. The standard InChI is InChI=1S/C12H9BrN4/c1-17-7-9(6-15-17)10-3-2-8-5-14-12(13)4-11(8)16-10/h2-7H,1H3. The molecule has 3 rings (SSSR count). The molecule has 0 amide bonds. The molecule has 5 heteroatoms. The van der Waals surface area contributed by atoms with Crippen LogP contribution in [0.5, 0.6) is 0 Å². The Morgan fingerprint density at radius 2 is 2.12 bits per heavy atom. The first-order valence-corrected chi connectivity index (χ1v) is 5.93. The number of hydrogen-bond donors (Lipinski definition) is 0. The van der Waals surface area contributed by atoms with Gasteiger partial charge in [0.1, 0.15) is 4.60 Å². The number of rotatable bonds is 1. The van der Waals surface area contributed by atoms with Crippen LogP contribution in [0.15, 0.2) is 41.4 Å². The molecule has 0 aliphatic rings. The van der Waals surface area contributed by atoms with E-state index in [0.717, 1.165) is 26.8 Å². The van der Waals surface area contributed by atoms with Crippen molar-refractivity contribution >= 4 is 26.8 Å². The highest BCUT2D eigenvalue weighted by Gasteiger charge is 2.04. The Hall–Kier alpha value is -1.75. The first kappa shape index (κ1) is 10.4. The van der Waals surface area contributed by atoms with Gasteiger partial charge in [-0.15, -0.1) is 0 Å². The highest BCUT2D eigenvalue weighted by molar-refractivity contribution is 9.10. The third-order valence-electron chi connectivity index (χ3n) is 2.54. The van der Waals surface area contributed by atoms with Gasteiger partial charge in [-0.3, -0.25) is 4.68 Å². The number of nitrogens with zero attached hydrogens (tertiary/aromatic N) is 4. The number of aromatic nitrogens is 4. The van der Waals surface area contributed by atoms with Gasteiger partial charge in [-0.2, -0.15) is 5.10 Å². The van der Waals surface area contributed by atoms with Gasteiger partial charge in [0.2, 0.25) is 0 Å². The highest BCUT2D eigenvalue weighted by atomic mass is 79.9. The summed E-state index contributed by atoms with van der Waals surface area (Å²) in [5.41, 5.74) is 2.86. The molecule has 0 aromatic carbocycles. The van der Waals surface area contributed by atoms with Crippen LogP contribution >= 0.6 is 15.9 Å². The first-order valence-electron chi connectivity index (χ1n) is 5.14. The van der Waals surface area contributed by atoms with Crippen LogP contribution in [0.3, 0.4) is 0 Å². The van der Waals surface area contributed by atoms with Gasteiger partial charge in [0.25, 0.3) is 0 Å². The minimum Gasteiger partial charge on any atom is -0.275 e. The van der Waals surface area contributed by atoms with Gasteiger partial charge in [-0.25, -0.2) is 9.97 Å². The summed E-state index contributed by atoms with van der Waals surface area (Å²) in [5, 5.41) is 5.17. The molecule has 0 bridgehead atoms. The van der Waals surface area contributed by atoms with Crippen LogP contribution in [0.25, 0.3) is 22.2 Å². The molecule has 0 saturated heterocycles. The predicted molar refractivity (Wildman–Crippen MR) is 69.4 cm³/mol. The minimum atomic E-state index is 0.792. The number of halogens is 1. The van der Waals surface area contributed by atoms with Crippen LogP contribution < -0.4 is 0 Å². The average Bonchev–Trinajstić information content (AvgIpc) is 2.75. The second kappa shape index (κ2) is 3.92. The van der Waals surface area contributed by atoms with Crippen molar-refractivity contribution in [3.05, 3.63) is 41.4 Å². The van der Waals surface area contributed by atoms with Gasteiger partial charge < -0.3 is 0 Å². The first-order chi connectivity index (χ1) is 8.22. The zero-order valence-corrected chi connectivity index (χ0v) is 10.7. The normalized spacial score (nSPS) is 10.9. The number of aryl methyl sites for hydroxylation is 1. The van der Waals surface area contributed by atoms with E-state index in [1.165, 1.54) is 0 Å². The molecule has 4 nitrogen and oxygen atoms in total. The van der Waals surface area contributed by atoms with Crippen LogP contribution in [0.2, 0.25) is 0 Å². The summed E-state index contributed by atoms with van der Waals surface area (Å²) in [4.78, 5) is 8.77. The maximum atomic E-state index is 4.60. The van der Waals surface area contributed by atoms with E-state index in [4.69, 9.17) is 0 Å². The Labute approximate surface area is 106 Å². The lowest BCUT2D eigenvalue weighted by Gasteiger charge is -2.00. The fraction of sp³-hybridized carbons (Fsp3) is 0.0833. The third-order valence-corrected chi connectivity index (χ3v) is 2.97. The second-order valence-corrected chi connectivity index (χ2v) is 4.61. The average molecular weight is 289 g/mol. The molecule has 0 fully saturated rings. The van der Waals surface area contributed by atoms with E-state index in [2.05, 4.69) is 31.0 Å². The SMILES string of the molecule is Cn1cc(-c2ccc3cnc(Br)cc3n2)cn1. The van der Waals surface area contributed by atoms with Crippen molar-refractivity contribution in [3.8, 4) is 11.3 Å². The maximum Gasteiger partial charge on any atom is 0.108 e. The molecule has 3 heterocycles. The summed E-state index contributed by atoms with van der Waals surface area (Å²) in [6.07, 6.45) is 5.56. The molecule has 0 aliphatic carbocycles. The number of hydrogen-bond acceptors (Lipinski definition) is 3. The molecule has 17 heavy (non-hydrogen) atoms. The zero-order chi connectivity index (χ0) is 11.8. The highest BCUT2D eigenvalue weighted by Crippen LogP contribution is 2.21. The zero-order valence-electron chi connectivity index (χ0n) is 9.13. The lowest BCUT2D eigenvalue weighted by Crippen LogP contribution is -1.86. The van der Waals surface area contributed by atoms with Gasteiger partial charge >= 0.3 is 0 Å². The molecule has 0 spiro atoms. The summed E-state index contributed by atoms with van der Waals surface area (Å²) in [6.45, 7) is 0. The van der Waals surface area contributed by atoms with E-state index in [-0.39, 0.29) is 0 Å². The van der Waals surface area contributed by atoms with Gasteiger partial charge in [0.05, 0.1) is 17.4 Å². The van der Waals surface area contributed by atoms with Crippen molar-refractivity contribution in [1.82, 2.24) is 19.7 Å². The maximum absolute atomic E-state index is 4.60. The summed E-state index contributed by atoms with van der Waals surface area (Å²) >= 11 is 3.35. The summed E-state index contributed by atoms with van der Waals surface area (Å²) in [6, 6.07) is 5.91. The molecule has 3 aromatic heterocycles. The third kappa shape index (κ3) is 1.93. The van der Waals surface area contributed by atoms with Crippen molar-refractivity contribution < 1.29 is 0 Å². The van der Waals surface area contributed by atoms with Gasteiger partial charge in [-0.05, 0) is 34.1 Å². The van der Waals surface area contributed by atoms with Crippen molar-refractivity contribution in [2.24, 2.45) is 7.05 Å². The van der Waals surface area contributed by atoms with Gasteiger partial charge in [-0.1, -0.05) is 0 Å². The Balaban J connectivity index is 2.18. The molecule has 3 aromatic rings. The van der Waals surface area contributed by atoms with Crippen LogP contribution in [-0.2, 0) is 7.05 Å². The van der Waals surface area contributed by atoms with Crippen molar-refractivity contribution in [2.45, 2.75) is 0 Å².